The lowest BCUT2D eigenvalue weighted by atomic mass is 10.1. The van der Waals surface area contributed by atoms with Gasteiger partial charge in [0.2, 0.25) is 0 Å². The van der Waals surface area contributed by atoms with Crippen LogP contribution in [0.4, 0.5) is 10.5 Å². The van der Waals surface area contributed by atoms with Gasteiger partial charge < -0.3 is 5.11 Å². The van der Waals surface area contributed by atoms with E-state index >= 15 is 0 Å². The molecule has 3 rings (SSSR count). The molecule has 1 saturated heterocycles. The van der Waals surface area contributed by atoms with Gasteiger partial charge in [0.25, 0.3) is 16.8 Å². The van der Waals surface area contributed by atoms with Gasteiger partial charge in [0.05, 0.1) is 16.4 Å². The zero-order valence-electron chi connectivity index (χ0n) is 13.1. The summed E-state index contributed by atoms with van der Waals surface area (Å²) in [5.74, 6) is -0.749. The number of halogens is 1. The zero-order valence-corrected chi connectivity index (χ0v) is 14.7. The molecule has 0 saturated carbocycles. The predicted molar refractivity (Wildman–Crippen MR) is 97.7 cm³/mol. The number of amides is 2. The van der Waals surface area contributed by atoms with E-state index in [0.717, 1.165) is 22.6 Å². The van der Waals surface area contributed by atoms with Gasteiger partial charge in [0, 0.05) is 22.7 Å². The Morgan fingerprint density at radius 2 is 1.88 bits per heavy atom. The van der Waals surface area contributed by atoms with E-state index in [-0.39, 0.29) is 28.5 Å². The Hall–Kier alpha value is -2.84. The van der Waals surface area contributed by atoms with Gasteiger partial charge in [-0.05, 0) is 41.6 Å². The first-order valence-electron chi connectivity index (χ1n) is 7.32. The van der Waals surface area contributed by atoms with Crippen LogP contribution in [0.25, 0.3) is 6.08 Å². The van der Waals surface area contributed by atoms with Gasteiger partial charge in [0.1, 0.15) is 5.75 Å². The van der Waals surface area contributed by atoms with Crippen molar-refractivity contribution in [3.63, 3.8) is 0 Å². The number of benzene rings is 2. The molecule has 0 radical (unpaired) electrons. The second-order valence-corrected chi connectivity index (χ2v) is 6.82. The largest absolute Gasteiger partial charge is 0.507 e. The number of hydrogen-bond acceptors (Lipinski definition) is 6. The number of hydrogen-bond donors (Lipinski definition) is 1. The van der Waals surface area contributed by atoms with Gasteiger partial charge in [-0.25, -0.2) is 0 Å². The maximum Gasteiger partial charge on any atom is 0.293 e. The monoisotopic (exact) mass is 390 g/mol. The molecular formula is C17H11ClN2O5S. The quantitative estimate of drug-likeness (QED) is 0.477. The van der Waals surface area contributed by atoms with Crippen LogP contribution < -0.4 is 0 Å². The van der Waals surface area contributed by atoms with E-state index in [4.69, 9.17) is 11.6 Å². The van der Waals surface area contributed by atoms with Gasteiger partial charge in [-0.15, -0.1) is 0 Å². The molecule has 132 valence electrons. The summed E-state index contributed by atoms with van der Waals surface area (Å²) in [7, 11) is 0. The highest BCUT2D eigenvalue weighted by Crippen LogP contribution is 2.35. The van der Waals surface area contributed by atoms with Crippen molar-refractivity contribution in [3.05, 3.63) is 73.6 Å². The van der Waals surface area contributed by atoms with Gasteiger partial charge in [-0.2, -0.15) is 0 Å². The Kier molecular flexibility index (Phi) is 4.97. The molecule has 7 nitrogen and oxygen atoms in total. The lowest BCUT2D eigenvalue weighted by Crippen LogP contribution is -2.27. The number of aromatic hydroxyl groups is 1. The SMILES string of the molecule is O=C1S/C(=C/c2cc([N+](=O)[O-])ccc2O)C(=O)N1Cc1ccc(Cl)cc1. The summed E-state index contributed by atoms with van der Waals surface area (Å²) in [6.45, 7) is 0.0834. The summed E-state index contributed by atoms with van der Waals surface area (Å²) < 4.78 is 0. The number of nitro benzene ring substituents is 1. The highest BCUT2D eigenvalue weighted by Gasteiger charge is 2.35. The average molecular weight is 391 g/mol. The van der Waals surface area contributed by atoms with E-state index in [9.17, 15) is 24.8 Å². The molecule has 0 bridgehead atoms. The Morgan fingerprint density at radius 3 is 2.54 bits per heavy atom. The lowest BCUT2D eigenvalue weighted by molar-refractivity contribution is -0.384. The molecule has 26 heavy (non-hydrogen) atoms. The number of carbonyl (C=O) groups is 2. The van der Waals surface area contributed by atoms with Crippen LogP contribution in [0.2, 0.25) is 5.02 Å². The molecule has 1 fully saturated rings. The van der Waals surface area contributed by atoms with Crippen molar-refractivity contribution >= 4 is 46.3 Å². The Balaban J connectivity index is 1.86. The van der Waals surface area contributed by atoms with Crippen molar-refractivity contribution < 1.29 is 19.6 Å². The fourth-order valence-corrected chi connectivity index (χ4v) is 3.28. The summed E-state index contributed by atoms with van der Waals surface area (Å²) in [4.78, 5) is 36.0. The van der Waals surface area contributed by atoms with Crippen LogP contribution in [-0.2, 0) is 11.3 Å². The Labute approximate surface area is 157 Å². The Morgan fingerprint density at radius 1 is 1.19 bits per heavy atom. The van der Waals surface area contributed by atoms with E-state index < -0.39 is 16.1 Å². The highest BCUT2D eigenvalue weighted by molar-refractivity contribution is 8.18. The number of imide groups is 1. The fraction of sp³-hybridized carbons (Fsp3) is 0.0588. The van der Waals surface area contributed by atoms with E-state index in [2.05, 4.69) is 0 Å². The van der Waals surface area contributed by atoms with Gasteiger partial charge >= 0.3 is 0 Å². The second-order valence-electron chi connectivity index (χ2n) is 5.39. The molecule has 1 N–H and O–H groups in total. The fourth-order valence-electron chi connectivity index (χ4n) is 2.32. The third-order valence-corrected chi connectivity index (χ3v) is 4.80. The maximum atomic E-state index is 12.5. The standard InChI is InChI=1S/C17H11ClN2O5S/c18-12-3-1-10(2-4-12)9-19-16(22)15(26-17(19)23)8-11-7-13(20(24)25)5-6-14(11)21/h1-8,21H,9H2/b15-8+. The first-order valence-corrected chi connectivity index (χ1v) is 8.52. The minimum absolute atomic E-state index is 0.0831. The number of thioether (sulfide) groups is 1. The minimum Gasteiger partial charge on any atom is -0.507 e. The average Bonchev–Trinajstić information content (AvgIpc) is 2.86. The molecule has 0 aliphatic carbocycles. The third kappa shape index (κ3) is 3.71. The molecule has 1 heterocycles. The van der Waals surface area contributed by atoms with Crippen LogP contribution in [0, 0.1) is 10.1 Å². The summed E-state index contributed by atoms with van der Waals surface area (Å²) in [5.41, 5.74) is 0.599. The van der Waals surface area contributed by atoms with Crippen LogP contribution in [0.1, 0.15) is 11.1 Å². The minimum atomic E-state index is -0.608. The van der Waals surface area contributed by atoms with Crippen LogP contribution >= 0.6 is 23.4 Å². The molecule has 2 aromatic rings. The predicted octanol–water partition coefficient (Wildman–Crippen LogP) is 4.19. The number of phenols is 1. The summed E-state index contributed by atoms with van der Waals surface area (Å²) in [5, 5.41) is 20.8. The first kappa shape index (κ1) is 18.0. The van der Waals surface area contributed by atoms with E-state index in [1.54, 1.807) is 24.3 Å². The number of nitrogens with zero attached hydrogens (tertiary/aromatic N) is 2. The van der Waals surface area contributed by atoms with Crippen molar-refractivity contribution in [1.82, 2.24) is 4.90 Å². The van der Waals surface area contributed by atoms with Crippen LogP contribution in [0.5, 0.6) is 5.75 Å². The molecule has 0 unspecified atom stereocenters. The molecule has 1 aliphatic heterocycles. The molecule has 0 spiro atoms. The van der Waals surface area contributed by atoms with Gasteiger partial charge in [-0.3, -0.25) is 24.6 Å². The number of rotatable bonds is 4. The van der Waals surface area contributed by atoms with Crippen LogP contribution in [0.3, 0.4) is 0 Å². The van der Waals surface area contributed by atoms with Crippen molar-refractivity contribution in [2.24, 2.45) is 0 Å². The topological polar surface area (TPSA) is 101 Å². The molecule has 1 aliphatic rings. The molecular weight excluding hydrogens is 380 g/mol. The van der Waals surface area contributed by atoms with Gasteiger partial charge in [-0.1, -0.05) is 23.7 Å². The maximum absolute atomic E-state index is 12.5. The molecule has 0 aromatic heterocycles. The lowest BCUT2D eigenvalue weighted by Gasteiger charge is -2.12. The van der Waals surface area contributed by atoms with E-state index in [1.807, 2.05) is 0 Å². The normalized spacial score (nSPS) is 15.7. The van der Waals surface area contributed by atoms with Crippen molar-refractivity contribution in [2.45, 2.75) is 6.54 Å². The number of nitro groups is 1. The van der Waals surface area contributed by atoms with Crippen molar-refractivity contribution in [2.75, 3.05) is 0 Å². The summed E-state index contributed by atoms with van der Waals surface area (Å²) >= 11 is 6.53. The van der Waals surface area contributed by atoms with E-state index in [0.29, 0.717) is 16.8 Å². The molecule has 2 aromatic carbocycles. The smallest absolute Gasteiger partial charge is 0.293 e. The molecule has 9 heteroatoms. The Bertz CT molecular complexity index is 943. The molecule has 0 atom stereocenters. The summed E-state index contributed by atoms with van der Waals surface area (Å²) in [6, 6.07) is 10.2. The number of phenolic OH excluding ortho intramolecular Hbond substituents is 1. The van der Waals surface area contributed by atoms with E-state index in [1.165, 1.54) is 12.1 Å². The third-order valence-electron chi connectivity index (χ3n) is 3.64. The van der Waals surface area contributed by atoms with Gasteiger partial charge in [0.15, 0.2) is 0 Å². The summed E-state index contributed by atoms with van der Waals surface area (Å²) in [6.07, 6.45) is 1.27. The number of non-ortho nitro benzene ring substituents is 1. The van der Waals surface area contributed by atoms with Crippen LogP contribution in [-0.4, -0.2) is 26.1 Å². The highest BCUT2D eigenvalue weighted by atomic mass is 35.5. The van der Waals surface area contributed by atoms with Crippen molar-refractivity contribution in [1.29, 1.82) is 0 Å². The second kappa shape index (κ2) is 7.19. The van der Waals surface area contributed by atoms with Crippen LogP contribution in [0.15, 0.2) is 47.4 Å². The van der Waals surface area contributed by atoms with Crippen molar-refractivity contribution in [3.8, 4) is 5.75 Å². The first-order chi connectivity index (χ1) is 12.3. The molecule has 2 amide bonds. The zero-order chi connectivity index (χ0) is 18.8. The number of carbonyl (C=O) groups excluding carboxylic acids is 2.